The average molecular weight is 311 g/mol. The van der Waals surface area contributed by atoms with Gasteiger partial charge in [0, 0.05) is 0 Å². The van der Waals surface area contributed by atoms with Crippen molar-refractivity contribution in [2.24, 2.45) is 0 Å². The number of hydrogen-bond donors (Lipinski definition) is 0. The lowest BCUT2D eigenvalue weighted by Gasteiger charge is -1.92. The molecule has 0 N–H and O–H groups in total. The zero-order valence-corrected chi connectivity index (χ0v) is 14.9. The Kier molecular flexibility index (Phi) is 15.0. The van der Waals surface area contributed by atoms with E-state index in [4.69, 9.17) is 0 Å². The summed E-state index contributed by atoms with van der Waals surface area (Å²) in [4.78, 5) is 0. The van der Waals surface area contributed by atoms with Crippen LogP contribution in [0.25, 0.3) is 10.8 Å². The standard InChI is InChI=1S/C10H8.C8H10.2C2H6.CH4/c1-2-6-10-8-4-3-7-9(10)5-1;1-7-3-5-8(2)6-4-7;2*1-2;/h1-8H;3-6H,1-2H3;2*1-2H3;1H4. The fourth-order valence-corrected chi connectivity index (χ4v) is 1.77. The molecule has 0 heterocycles. The summed E-state index contributed by atoms with van der Waals surface area (Å²) in [6.07, 6.45) is 0. The van der Waals surface area contributed by atoms with Gasteiger partial charge in [-0.25, -0.2) is 0 Å². The van der Waals surface area contributed by atoms with Crippen LogP contribution in [0.1, 0.15) is 46.2 Å². The molecule has 0 saturated heterocycles. The summed E-state index contributed by atoms with van der Waals surface area (Å²) in [5.41, 5.74) is 2.66. The first-order valence-corrected chi connectivity index (χ1v) is 8.23. The predicted molar refractivity (Wildman–Crippen MR) is 109 cm³/mol. The Morgan fingerprint density at radius 1 is 0.435 bits per heavy atom. The van der Waals surface area contributed by atoms with Crippen molar-refractivity contribution >= 4 is 10.8 Å². The minimum atomic E-state index is 0. The summed E-state index contributed by atoms with van der Waals surface area (Å²) in [6.45, 7) is 12.2. The van der Waals surface area contributed by atoms with Gasteiger partial charge in [0.2, 0.25) is 0 Å². The SMILES string of the molecule is C.CC.CC.Cc1ccc(C)cc1.c1ccc2ccccc2c1. The Bertz CT molecular complexity index is 520. The van der Waals surface area contributed by atoms with E-state index in [9.17, 15) is 0 Å². The van der Waals surface area contributed by atoms with Crippen LogP contribution >= 0.6 is 0 Å². The van der Waals surface area contributed by atoms with Crippen molar-refractivity contribution in [2.75, 3.05) is 0 Å². The van der Waals surface area contributed by atoms with Gasteiger partial charge in [-0.3, -0.25) is 0 Å². The van der Waals surface area contributed by atoms with Crippen molar-refractivity contribution < 1.29 is 0 Å². The van der Waals surface area contributed by atoms with Gasteiger partial charge in [-0.05, 0) is 24.6 Å². The van der Waals surface area contributed by atoms with Gasteiger partial charge < -0.3 is 0 Å². The van der Waals surface area contributed by atoms with Gasteiger partial charge in [-0.2, -0.15) is 0 Å². The molecule has 3 aromatic rings. The summed E-state index contributed by atoms with van der Waals surface area (Å²) >= 11 is 0. The fraction of sp³-hybridized carbons (Fsp3) is 0.304. The zero-order valence-electron chi connectivity index (χ0n) is 14.9. The minimum absolute atomic E-state index is 0. The fourth-order valence-electron chi connectivity index (χ4n) is 1.77. The third-order valence-corrected chi connectivity index (χ3v) is 2.88. The van der Waals surface area contributed by atoms with E-state index in [0.29, 0.717) is 0 Å². The first-order chi connectivity index (χ1) is 10.8. The molecular weight excluding hydrogens is 276 g/mol. The molecule has 0 unspecified atom stereocenters. The van der Waals surface area contributed by atoms with Crippen LogP contribution in [0.5, 0.6) is 0 Å². The summed E-state index contributed by atoms with van der Waals surface area (Å²) in [6, 6.07) is 25.2. The Balaban J connectivity index is 0. The molecule has 0 aliphatic rings. The summed E-state index contributed by atoms with van der Waals surface area (Å²) < 4.78 is 0. The van der Waals surface area contributed by atoms with Crippen LogP contribution in [0.15, 0.2) is 72.8 Å². The van der Waals surface area contributed by atoms with Crippen LogP contribution in [-0.2, 0) is 0 Å². The molecular formula is C23H34. The van der Waals surface area contributed by atoms with Crippen molar-refractivity contribution in [1.29, 1.82) is 0 Å². The molecule has 0 spiro atoms. The molecule has 126 valence electrons. The number of benzene rings is 3. The molecule has 0 aromatic heterocycles. The largest absolute Gasteiger partial charge is 0.0776 e. The summed E-state index contributed by atoms with van der Waals surface area (Å²) in [7, 11) is 0. The van der Waals surface area contributed by atoms with Crippen LogP contribution in [0.2, 0.25) is 0 Å². The van der Waals surface area contributed by atoms with Gasteiger partial charge in [-0.15, -0.1) is 0 Å². The van der Waals surface area contributed by atoms with Crippen LogP contribution in [0.4, 0.5) is 0 Å². The highest BCUT2D eigenvalue weighted by Crippen LogP contribution is 2.11. The average Bonchev–Trinajstić information content (AvgIpc) is 2.62. The highest BCUT2D eigenvalue weighted by molar-refractivity contribution is 5.81. The molecule has 0 bridgehead atoms. The molecule has 0 aliphatic carbocycles. The van der Waals surface area contributed by atoms with Crippen molar-refractivity contribution in [3.05, 3.63) is 83.9 Å². The first-order valence-electron chi connectivity index (χ1n) is 8.23. The van der Waals surface area contributed by atoms with Gasteiger partial charge in [-0.1, -0.05) is 119 Å². The Hall–Kier alpha value is -2.08. The second-order valence-electron chi connectivity index (χ2n) is 4.50. The van der Waals surface area contributed by atoms with E-state index in [1.54, 1.807) is 0 Å². The van der Waals surface area contributed by atoms with Gasteiger partial charge >= 0.3 is 0 Å². The quantitative estimate of drug-likeness (QED) is 0.397. The van der Waals surface area contributed by atoms with Crippen LogP contribution in [0, 0.1) is 13.8 Å². The Morgan fingerprint density at radius 2 is 0.652 bits per heavy atom. The Morgan fingerprint density at radius 3 is 0.870 bits per heavy atom. The van der Waals surface area contributed by atoms with E-state index in [2.05, 4.69) is 86.6 Å². The number of fused-ring (bicyclic) bond motifs is 1. The third kappa shape index (κ3) is 9.52. The second-order valence-corrected chi connectivity index (χ2v) is 4.50. The van der Waals surface area contributed by atoms with E-state index in [1.165, 1.54) is 21.9 Å². The minimum Gasteiger partial charge on any atom is -0.0776 e. The molecule has 0 aliphatic heterocycles. The highest BCUT2D eigenvalue weighted by Gasteiger charge is 1.85. The molecule has 3 aromatic carbocycles. The summed E-state index contributed by atoms with van der Waals surface area (Å²) in [5.74, 6) is 0. The van der Waals surface area contributed by atoms with Gasteiger partial charge in [0.15, 0.2) is 0 Å². The first kappa shape index (κ1) is 23.2. The Labute approximate surface area is 144 Å². The molecule has 0 radical (unpaired) electrons. The van der Waals surface area contributed by atoms with Gasteiger partial charge in [0.25, 0.3) is 0 Å². The van der Waals surface area contributed by atoms with E-state index in [-0.39, 0.29) is 7.43 Å². The number of rotatable bonds is 0. The molecule has 0 atom stereocenters. The van der Waals surface area contributed by atoms with Crippen LogP contribution < -0.4 is 0 Å². The number of hydrogen-bond acceptors (Lipinski definition) is 0. The molecule has 3 rings (SSSR count). The molecule has 0 nitrogen and oxygen atoms in total. The molecule has 0 fully saturated rings. The van der Waals surface area contributed by atoms with Gasteiger partial charge in [0.05, 0.1) is 0 Å². The predicted octanol–water partition coefficient (Wildman–Crippen LogP) is 7.83. The lowest BCUT2D eigenvalue weighted by Crippen LogP contribution is -1.70. The van der Waals surface area contributed by atoms with Crippen LogP contribution in [-0.4, -0.2) is 0 Å². The molecule has 0 heteroatoms. The maximum atomic E-state index is 2.12. The van der Waals surface area contributed by atoms with E-state index >= 15 is 0 Å². The van der Waals surface area contributed by atoms with Crippen LogP contribution in [0.3, 0.4) is 0 Å². The second kappa shape index (κ2) is 14.8. The lowest BCUT2D eigenvalue weighted by molar-refractivity contribution is 1.40. The number of aryl methyl sites for hydroxylation is 2. The van der Waals surface area contributed by atoms with Crippen molar-refractivity contribution in [3.63, 3.8) is 0 Å². The van der Waals surface area contributed by atoms with Crippen molar-refractivity contribution in [1.82, 2.24) is 0 Å². The lowest BCUT2D eigenvalue weighted by atomic mass is 10.1. The maximum Gasteiger partial charge on any atom is -0.0184 e. The van der Waals surface area contributed by atoms with Gasteiger partial charge in [0.1, 0.15) is 0 Å². The molecule has 0 saturated carbocycles. The topological polar surface area (TPSA) is 0 Å². The van der Waals surface area contributed by atoms with Crippen molar-refractivity contribution in [2.45, 2.75) is 49.0 Å². The zero-order chi connectivity index (χ0) is 16.8. The molecule has 23 heavy (non-hydrogen) atoms. The smallest absolute Gasteiger partial charge is 0.0184 e. The van der Waals surface area contributed by atoms with Crippen molar-refractivity contribution in [3.8, 4) is 0 Å². The maximum absolute atomic E-state index is 2.12. The molecule has 0 amide bonds. The van der Waals surface area contributed by atoms with E-state index in [0.717, 1.165) is 0 Å². The summed E-state index contributed by atoms with van der Waals surface area (Å²) in [5, 5.41) is 2.62. The monoisotopic (exact) mass is 310 g/mol. The van der Waals surface area contributed by atoms with E-state index in [1.807, 2.05) is 27.7 Å². The normalized spacial score (nSPS) is 8.09. The van der Waals surface area contributed by atoms with E-state index < -0.39 is 0 Å². The third-order valence-electron chi connectivity index (χ3n) is 2.88. The highest BCUT2D eigenvalue weighted by atomic mass is 13.9.